The lowest BCUT2D eigenvalue weighted by atomic mass is 9.84. The van der Waals surface area contributed by atoms with Gasteiger partial charge in [0.15, 0.2) is 0 Å². The molecule has 0 aliphatic carbocycles. The fourth-order valence-corrected chi connectivity index (χ4v) is 4.09. The second kappa shape index (κ2) is 7.73. The van der Waals surface area contributed by atoms with Gasteiger partial charge >= 0.3 is 0 Å². The normalized spacial score (nSPS) is 15.2. The molecule has 0 saturated carbocycles. The minimum absolute atomic E-state index is 0.0497. The lowest BCUT2D eigenvalue weighted by Crippen LogP contribution is -2.25. The summed E-state index contributed by atoms with van der Waals surface area (Å²) in [5, 5.41) is 18.7. The quantitative estimate of drug-likeness (QED) is 0.363. The maximum Gasteiger partial charge on any atom is 0.269 e. The van der Waals surface area contributed by atoms with Crippen LogP contribution in [-0.2, 0) is 4.79 Å². The molecule has 1 amide bonds. The average molecular weight is 428 g/mol. The summed E-state index contributed by atoms with van der Waals surface area (Å²) < 4.78 is 16.3. The SMILES string of the molecule is O=C1CC(c2ccccc2F)c2c(-c3ccccc3)nn(-c3ccc([N+](=O)[O-])cc3)c2N1. The molecule has 7 nitrogen and oxygen atoms in total. The van der Waals surface area contributed by atoms with Gasteiger partial charge in [0.25, 0.3) is 5.69 Å². The molecule has 1 aliphatic rings. The van der Waals surface area contributed by atoms with E-state index < -0.39 is 10.8 Å². The van der Waals surface area contributed by atoms with E-state index in [4.69, 9.17) is 5.10 Å². The Labute approximate surface area is 182 Å². The molecule has 0 radical (unpaired) electrons. The van der Waals surface area contributed by atoms with Crippen molar-refractivity contribution in [3.63, 3.8) is 0 Å². The fourth-order valence-electron chi connectivity index (χ4n) is 4.09. The largest absolute Gasteiger partial charge is 0.310 e. The number of benzene rings is 3. The topological polar surface area (TPSA) is 90.1 Å². The molecule has 32 heavy (non-hydrogen) atoms. The monoisotopic (exact) mass is 428 g/mol. The third kappa shape index (κ3) is 3.31. The van der Waals surface area contributed by atoms with E-state index in [0.29, 0.717) is 28.3 Å². The Balaban J connectivity index is 1.75. The number of nitro benzene ring substituents is 1. The van der Waals surface area contributed by atoms with Gasteiger partial charge in [-0.25, -0.2) is 9.07 Å². The van der Waals surface area contributed by atoms with E-state index in [0.717, 1.165) is 5.56 Å². The van der Waals surface area contributed by atoms with Gasteiger partial charge < -0.3 is 5.32 Å². The molecule has 4 aromatic rings. The smallest absolute Gasteiger partial charge is 0.269 e. The second-order valence-electron chi connectivity index (χ2n) is 7.49. The molecule has 1 aliphatic heterocycles. The Hall–Kier alpha value is -4.33. The third-order valence-corrected chi connectivity index (χ3v) is 5.55. The van der Waals surface area contributed by atoms with Crippen molar-refractivity contribution in [1.29, 1.82) is 0 Å². The number of aromatic nitrogens is 2. The third-order valence-electron chi connectivity index (χ3n) is 5.55. The van der Waals surface area contributed by atoms with Crippen LogP contribution in [0.3, 0.4) is 0 Å². The molecule has 0 spiro atoms. The van der Waals surface area contributed by atoms with Gasteiger partial charge in [0.05, 0.1) is 16.3 Å². The van der Waals surface area contributed by atoms with Crippen LogP contribution in [0.1, 0.15) is 23.5 Å². The number of amides is 1. The number of fused-ring (bicyclic) bond motifs is 1. The van der Waals surface area contributed by atoms with Gasteiger partial charge in [-0.05, 0) is 23.8 Å². The average Bonchev–Trinajstić information content (AvgIpc) is 3.19. The van der Waals surface area contributed by atoms with Gasteiger partial charge in [-0.2, -0.15) is 5.10 Å². The first-order chi connectivity index (χ1) is 15.5. The number of non-ortho nitro benzene ring substituents is 1. The van der Waals surface area contributed by atoms with Gasteiger partial charge in [-0.15, -0.1) is 0 Å². The van der Waals surface area contributed by atoms with Gasteiger partial charge in [-0.1, -0.05) is 48.5 Å². The first-order valence-electron chi connectivity index (χ1n) is 10.0. The number of nitro groups is 1. The first kappa shape index (κ1) is 19.6. The number of carbonyl (C=O) groups excluding carboxylic acids is 1. The summed E-state index contributed by atoms with van der Waals surface area (Å²) in [4.78, 5) is 23.2. The zero-order valence-corrected chi connectivity index (χ0v) is 16.7. The van der Waals surface area contributed by atoms with E-state index >= 15 is 0 Å². The second-order valence-corrected chi connectivity index (χ2v) is 7.49. The fraction of sp³-hybridized carbons (Fsp3) is 0.0833. The molecule has 5 rings (SSSR count). The maximum atomic E-state index is 14.8. The number of rotatable bonds is 4. The van der Waals surface area contributed by atoms with Crippen molar-refractivity contribution in [3.05, 3.63) is 106 Å². The van der Waals surface area contributed by atoms with Gasteiger partial charge in [-0.3, -0.25) is 14.9 Å². The molecule has 1 N–H and O–H groups in total. The maximum absolute atomic E-state index is 14.8. The van der Waals surface area contributed by atoms with Crippen LogP contribution in [0, 0.1) is 15.9 Å². The van der Waals surface area contributed by atoms with Gasteiger partial charge in [0, 0.05) is 35.6 Å². The molecular formula is C24H17FN4O3. The van der Waals surface area contributed by atoms with E-state index in [1.54, 1.807) is 35.0 Å². The summed E-state index contributed by atoms with van der Waals surface area (Å²) in [6.07, 6.45) is 0.0831. The van der Waals surface area contributed by atoms with Crippen LogP contribution in [0.15, 0.2) is 78.9 Å². The van der Waals surface area contributed by atoms with Crippen LogP contribution < -0.4 is 5.32 Å². The zero-order valence-electron chi connectivity index (χ0n) is 16.7. The van der Waals surface area contributed by atoms with Gasteiger partial charge in [0.2, 0.25) is 5.91 Å². The van der Waals surface area contributed by atoms with Crippen LogP contribution >= 0.6 is 0 Å². The number of carbonyl (C=O) groups is 1. The summed E-state index contributed by atoms with van der Waals surface area (Å²) in [5.74, 6) is -0.738. The molecule has 0 fully saturated rings. The zero-order chi connectivity index (χ0) is 22.2. The summed E-state index contributed by atoms with van der Waals surface area (Å²) >= 11 is 0. The number of hydrogen-bond acceptors (Lipinski definition) is 4. The molecule has 0 saturated heterocycles. The van der Waals surface area contributed by atoms with E-state index in [9.17, 15) is 19.3 Å². The molecule has 8 heteroatoms. The molecule has 3 aromatic carbocycles. The lowest BCUT2D eigenvalue weighted by molar-refractivity contribution is -0.384. The van der Waals surface area contributed by atoms with Crippen molar-refractivity contribution in [2.24, 2.45) is 0 Å². The Kier molecular flexibility index (Phi) is 4.74. The summed E-state index contributed by atoms with van der Waals surface area (Å²) in [6.45, 7) is 0. The predicted octanol–water partition coefficient (Wildman–Crippen LogP) is 5.06. The molecule has 2 heterocycles. The molecular weight excluding hydrogens is 411 g/mol. The Morgan fingerprint density at radius 2 is 1.69 bits per heavy atom. The Bertz CT molecular complexity index is 1330. The van der Waals surface area contributed by atoms with E-state index in [-0.39, 0.29) is 23.8 Å². The summed E-state index contributed by atoms with van der Waals surface area (Å²) in [6, 6.07) is 21.8. The summed E-state index contributed by atoms with van der Waals surface area (Å²) in [5.41, 5.74) is 3.06. The highest BCUT2D eigenvalue weighted by molar-refractivity contribution is 5.96. The minimum atomic E-state index is -0.526. The molecule has 1 unspecified atom stereocenters. The molecule has 158 valence electrons. The number of hydrogen-bond donors (Lipinski definition) is 1. The van der Waals surface area contributed by atoms with Crippen molar-refractivity contribution in [2.45, 2.75) is 12.3 Å². The van der Waals surface area contributed by atoms with Crippen molar-refractivity contribution in [1.82, 2.24) is 9.78 Å². The minimum Gasteiger partial charge on any atom is -0.310 e. The van der Waals surface area contributed by atoms with Crippen molar-refractivity contribution < 1.29 is 14.1 Å². The van der Waals surface area contributed by atoms with Gasteiger partial charge in [0.1, 0.15) is 11.6 Å². The highest BCUT2D eigenvalue weighted by Gasteiger charge is 2.35. The number of anilines is 1. The number of nitrogens with one attached hydrogen (secondary N) is 1. The lowest BCUT2D eigenvalue weighted by Gasteiger charge is -2.25. The Morgan fingerprint density at radius 3 is 2.38 bits per heavy atom. The molecule has 1 aromatic heterocycles. The summed E-state index contributed by atoms with van der Waals surface area (Å²) in [7, 11) is 0. The van der Waals surface area contributed by atoms with Crippen molar-refractivity contribution in [3.8, 4) is 16.9 Å². The molecule has 0 bridgehead atoms. The standard InChI is InChI=1S/C24H17FN4O3/c25-20-9-5-4-8-18(20)19-14-21(30)26-24-22(19)23(15-6-2-1-3-7-15)27-28(24)16-10-12-17(13-11-16)29(31)32/h1-13,19H,14H2,(H,26,30). The van der Waals surface area contributed by atoms with E-state index in [1.165, 1.54) is 18.2 Å². The van der Waals surface area contributed by atoms with Crippen LogP contribution in [0.5, 0.6) is 0 Å². The number of halogens is 1. The van der Waals surface area contributed by atoms with Crippen molar-refractivity contribution >= 4 is 17.4 Å². The highest BCUT2D eigenvalue weighted by Crippen LogP contribution is 2.44. The van der Waals surface area contributed by atoms with Crippen molar-refractivity contribution in [2.75, 3.05) is 5.32 Å². The van der Waals surface area contributed by atoms with Crippen LogP contribution in [0.4, 0.5) is 15.9 Å². The number of nitrogens with zero attached hydrogens (tertiary/aromatic N) is 3. The van der Waals surface area contributed by atoms with E-state index in [2.05, 4.69) is 5.32 Å². The molecule has 1 atom stereocenters. The van der Waals surface area contributed by atoms with Crippen LogP contribution in [0.25, 0.3) is 16.9 Å². The van der Waals surface area contributed by atoms with E-state index in [1.807, 2.05) is 30.3 Å². The predicted molar refractivity (Wildman–Crippen MR) is 117 cm³/mol. The van der Waals surface area contributed by atoms with Crippen LogP contribution in [-0.4, -0.2) is 20.6 Å². The Morgan fingerprint density at radius 1 is 1.00 bits per heavy atom. The van der Waals surface area contributed by atoms with Crippen LogP contribution in [0.2, 0.25) is 0 Å². The first-order valence-corrected chi connectivity index (χ1v) is 10.0. The highest BCUT2D eigenvalue weighted by atomic mass is 19.1.